The Morgan fingerprint density at radius 3 is 2.36 bits per heavy atom. The molecule has 0 radical (unpaired) electrons. The Kier molecular flexibility index (Phi) is 6.53. The average Bonchev–Trinajstić information content (AvgIpc) is 3.20. The Labute approximate surface area is 191 Å². The molecule has 33 heavy (non-hydrogen) atoms. The molecule has 4 aromatic rings. The molecule has 170 valence electrons. The van der Waals surface area contributed by atoms with Crippen molar-refractivity contribution in [3.05, 3.63) is 65.5 Å². The molecule has 0 spiro atoms. The molecule has 2 aromatic heterocycles. The molecule has 0 unspecified atom stereocenters. The van der Waals surface area contributed by atoms with Gasteiger partial charge >= 0.3 is 5.97 Å². The van der Waals surface area contributed by atoms with Crippen LogP contribution in [-0.2, 0) is 13.0 Å². The van der Waals surface area contributed by atoms with E-state index in [1.54, 1.807) is 26.4 Å². The number of fused-ring (bicyclic) bond motifs is 1. The highest BCUT2D eigenvalue weighted by Gasteiger charge is 2.21. The van der Waals surface area contributed by atoms with Crippen molar-refractivity contribution in [2.24, 2.45) is 0 Å². The van der Waals surface area contributed by atoms with Gasteiger partial charge in [-0.1, -0.05) is 55.8 Å². The molecule has 2 heterocycles. The summed E-state index contributed by atoms with van der Waals surface area (Å²) in [4.78, 5) is 16.4. The number of aromatic carboxylic acids is 1. The number of rotatable bonds is 9. The largest absolute Gasteiger partial charge is 0.478 e. The molecule has 0 saturated carbocycles. The SMILES string of the molecule is CCCCc1nc2c(OC)nnc(OC)c2n1Cc1ccc(-c2ccccc2C(=O)O)cc1. The molecule has 0 fully saturated rings. The van der Waals surface area contributed by atoms with Crippen LogP contribution in [0.15, 0.2) is 48.5 Å². The van der Waals surface area contributed by atoms with Crippen molar-refractivity contribution in [3.63, 3.8) is 0 Å². The molecule has 0 atom stereocenters. The average molecular weight is 447 g/mol. The number of aromatic nitrogens is 4. The first kappa shape index (κ1) is 22.3. The van der Waals surface area contributed by atoms with E-state index in [2.05, 4.69) is 21.7 Å². The van der Waals surface area contributed by atoms with Crippen molar-refractivity contribution < 1.29 is 19.4 Å². The molecule has 0 bridgehead atoms. The van der Waals surface area contributed by atoms with Crippen LogP contribution >= 0.6 is 0 Å². The van der Waals surface area contributed by atoms with Gasteiger partial charge in [-0.05, 0) is 29.2 Å². The van der Waals surface area contributed by atoms with Crippen LogP contribution in [0, 0.1) is 0 Å². The Bertz CT molecular complexity index is 1280. The van der Waals surface area contributed by atoms with Crippen LogP contribution in [0.3, 0.4) is 0 Å². The highest BCUT2D eigenvalue weighted by atomic mass is 16.5. The van der Waals surface area contributed by atoms with Crippen molar-refractivity contribution in [3.8, 4) is 22.9 Å². The van der Waals surface area contributed by atoms with Crippen LogP contribution in [0.2, 0.25) is 0 Å². The lowest BCUT2D eigenvalue weighted by Gasteiger charge is -2.12. The number of benzene rings is 2. The number of aryl methyl sites for hydroxylation is 1. The highest BCUT2D eigenvalue weighted by Crippen LogP contribution is 2.31. The number of carboxylic acid groups (broad SMARTS) is 1. The second kappa shape index (κ2) is 9.68. The van der Waals surface area contributed by atoms with E-state index in [4.69, 9.17) is 14.5 Å². The van der Waals surface area contributed by atoms with Crippen molar-refractivity contribution >= 4 is 17.0 Å². The zero-order chi connectivity index (χ0) is 23.4. The van der Waals surface area contributed by atoms with Gasteiger partial charge in [-0.25, -0.2) is 9.78 Å². The monoisotopic (exact) mass is 446 g/mol. The van der Waals surface area contributed by atoms with E-state index in [0.29, 0.717) is 29.4 Å². The van der Waals surface area contributed by atoms with Gasteiger partial charge < -0.3 is 19.1 Å². The van der Waals surface area contributed by atoms with E-state index in [-0.39, 0.29) is 5.56 Å². The fourth-order valence-corrected chi connectivity index (χ4v) is 3.92. The van der Waals surface area contributed by atoms with Gasteiger partial charge in [0.15, 0.2) is 5.52 Å². The van der Waals surface area contributed by atoms with Crippen LogP contribution < -0.4 is 9.47 Å². The number of hydrogen-bond donors (Lipinski definition) is 1. The Balaban J connectivity index is 1.75. The predicted octanol–water partition coefficient (Wildman–Crippen LogP) is 4.60. The van der Waals surface area contributed by atoms with Crippen molar-refractivity contribution in [1.29, 1.82) is 0 Å². The predicted molar refractivity (Wildman–Crippen MR) is 125 cm³/mol. The van der Waals surface area contributed by atoms with Crippen LogP contribution in [0.5, 0.6) is 11.8 Å². The summed E-state index contributed by atoms with van der Waals surface area (Å²) in [7, 11) is 3.11. The summed E-state index contributed by atoms with van der Waals surface area (Å²) in [5, 5.41) is 17.7. The lowest BCUT2D eigenvalue weighted by Crippen LogP contribution is -2.07. The summed E-state index contributed by atoms with van der Waals surface area (Å²) in [6, 6.07) is 14.9. The Morgan fingerprint density at radius 1 is 1.00 bits per heavy atom. The zero-order valence-corrected chi connectivity index (χ0v) is 18.9. The smallest absolute Gasteiger partial charge is 0.336 e. The molecule has 0 aliphatic rings. The first-order chi connectivity index (χ1) is 16.1. The standard InChI is InChI=1S/C25H26N4O4/c1-4-5-10-20-26-21-22(24(33-3)28-27-23(21)32-2)29(20)15-16-11-13-17(14-12-16)18-8-6-7-9-19(18)25(30)31/h6-9,11-14H,4-5,10,15H2,1-3H3,(H,30,31). The van der Waals surface area contributed by atoms with Gasteiger partial charge in [-0.3, -0.25) is 0 Å². The number of ether oxygens (including phenoxy) is 2. The van der Waals surface area contributed by atoms with E-state index in [1.807, 2.05) is 36.4 Å². The molecule has 8 nitrogen and oxygen atoms in total. The number of imidazole rings is 1. The molecule has 0 amide bonds. The lowest BCUT2D eigenvalue weighted by atomic mass is 9.99. The summed E-state index contributed by atoms with van der Waals surface area (Å²) in [6.45, 7) is 2.70. The normalized spacial score (nSPS) is 11.0. The fourth-order valence-electron chi connectivity index (χ4n) is 3.92. The summed E-state index contributed by atoms with van der Waals surface area (Å²) < 4.78 is 13.0. The van der Waals surface area contributed by atoms with Crippen LogP contribution in [0.1, 0.15) is 41.5 Å². The number of unbranched alkanes of at least 4 members (excludes halogenated alkanes) is 1. The van der Waals surface area contributed by atoms with Gasteiger partial charge in [0, 0.05) is 13.0 Å². The third-order valence-corrected chi connectivity index (χ3v) is 5.59. The number of methoxy groups -OCH3 is 2. The molecule has 2 aromatic carbocycles. The van der Waals surface area contributed by atoms with E-state index in [1.165, 1.54) is 0 Å². The Morgan fingerprint density at radius 2 is 1.70 bits per heavy atom. The van der Waals surface area contributed by atoms with Gasteiger partial charge in [0.05, 0.1) is 19.8 Å². The van der Waals surface area contributed by atoms with Gasteiger partial charge in [-0.15, -0.1) is 10.2 Å². The zero-order valence-electron chi connectivity index (χ0n) is 18.9. The van der Waals surface area contributed by atoms with Crippen LogP contribution in [-0.4, -0.2) is 45.0 Å². The quantitative estimate of drug-likeness (QED) is 0.401. The maximum absolute atomic E-state index is 11.6. The topological polar surface area (TPSA) is 99.4 Å². The second-order valence-corrected chi connectivity index (χ2v) is 7.68. The van der Waals surface area contributed by atoms with E-state index < -0.39 is 5.97 Å². The Hall–Kier alpha value is -3.94. The fraction of sp³-hybridized carbons (Fsp3) is 0.280. The minimum Gasteiger partial charge on any atom is -0.478 e. The molecule has 0 aliphatic carbocycles. The maximum atomic E-state index is 11.6. The van der Waals surface area contributed by atoms with Crippen molar-refractivity contribution in [1.82, 2.24) is 19.7 Å². The summed E-state index contributed by atoms with van der Waals surface area (Å²) in [5.41, 5.74) is 4.24. The van der Waals surface area contributed by atoms with Crippen molar-refractivity contribution in [2.75, 3.05) is 14.2 Å². The number of hydrogen-bond acceptors (Lipinski definition) is 6. The highest BCUT2D eigenvalue weighted by molar-refractivity contribution is 5.96. The molecule has 8 heteroatoms. The molecular formula is C25H26N4O4. The second-order valence-electron chi connectivity index (χ2n) is 7.68. The van der Waals surface area contributed by atoms with Gasteiger partial charge in [0.25, 0.3) is 11.8 Å². The molecular weight excluding hydrogens is 420 g/mol. The van der Waals surface area contributed by atoms with Gasteiger partial charge in [-0.2, -0.15) is 0 Å². The third-order valence-electron chi connectivity index (χ3n) is 5.59. The molecule has 1 N–H and O–H groups in total. The van der Waals surface area contributed by atoms with E-state index in [9.17, 15) is 9.90 Å². The number of carbonyl (C=O) groups is 1. The lowest BCUT2D eigenvalue weighted by molar-refractivity contribution is 0.0697. The maximum Gasteiger partial charge on any atom is 0.336 e. The first-order valence-electron chi connectivity index (χ1n) is 10.8. The van der Waals surface area contributed by atoms with Gasteiger partial charge in [0.1, 0.15) is 11.3 Å². The number of nitrogens with zero attached hydrogens (tertiary/aromatic N) is 4. The first-order valence-corrected chi connectivity index (χ1v) is 10.8. The number of carboxylic acids is 1. The van der Waals surface area contributed by atoms with E-state index in [0.717, 1.165) is 41.7 Å². The molecule has 0 saturated heterocycles. The third kappa shape index (κ3) is 4.37. The molecule has 0 aliphatic heterocycles. The summed E-state index contributed by atoms with van der Waals surface area (Å²) in [6.07, 6.45) is 2.85. The molecule has 4 rings (SSSR count). The minimum atomic E-state index is -0.942. The van der Waals surface area contributed by atoms with Crippen LogP contribution in [0.25, 0.3) is 22.2 Å². The van der Waals surface area contributed by atoms with Gasteiger partial charge in [0.2, 0.25) is 0 Å². The minimum absolute atomic E-state index is 0.281. The summed E-state index contributed by atoms with van der Waals surface area (Å²) in [5.74, 6) is 0.733. The summed E-state index contributed by atoms with van der Waals surface area (Å²) >= 11 is 0. The van der Waals surface area contributed by atoms with E-state index >= 15 is 0 Å². The van der Waals surface area contributed by atoms with Crippen LogP contribution in [0.4, 0.5) is 0 Å². The van der Waals surface area contributed by atoms with Crippen molar-refractivity contribution in [2.45, 2.75) is 32.7 Å².